The Morgan fingerprint density at radius 1 is 0.947 bits per heavy atom. The predicted octanol–water partition coefficient (Wildman–Crippen LogP) is 5.96. The average Bonchev–Trinajstić information content (AvgIpc) is 3.40. The summed E-state index contributed by atoms with van der Waals surface area (Å²) in [6.45, 7) is 1.72. The highest BCUT2D eigenvalue weighted by atomic mass is 32.2. The molecule has 0 aliphatic rings. The topological polar surface area (TPSA) is 98.8 Å². The largest absolute Gasteiger partial charge is 0.493 e. The molecule has 0 radical (unpaired) electrons. The number of benzene rings is 3. The van der Waals surface area contributed by atoms with Gasteiger partial charge in [-0.2, -0.15) is 0 Å². The van der Waals surface area contributed by atoms with Gasteiger partial charge in [-0.3, -0.25) is 9.59 Å². The number of nitrogens with one attached hydrogen (secondary N) is 2. The number of rotatable bonds is 11. The summed E-state index contributed by atoms with van der Waals surface area (Å²) in [5.41, 5.74) is 2.21. The van der Waals surface area contributed by atoms with Crippen LogP contribution < -0.4 is 24.8 Å². The molecule has 10 heteroatoms. The first-order valence-corrected chi connectivity index (χ1v) is 13.4. The minimum Gasteiger partial charge on any atom is -0.493 e. The Bertz CT molecular complexity index is 1390. The fourth-order valence-electron chi connectivity index (χ4n) is 3.43. The van der Waals surface area contributed by atoms with Crippen LogP contribution in [0, 0.1) is 0 Å². The van der Waals surface area contributed by atoms with E-state index in [0.29, 0.717) is 28.1 Å². The highest BCUT2D eigenvalue weighted by Gasteiger charge is 2.17. The van der Waals surface area contributed by atoms with E-state index < -0.39 is 5.25 Å². The molecule has 4 rings (SSSR count). The summed E-state index contributed by atoms with van der Waals surface area (Å²) < 4.78 is 16.1. The minimum atomic E-state index is -0.393. The SMILES string of the molecule is COc1ccc(-c2csc(NC(=O)C(C)Sc3cccc(NC(=O)COc4ccccc4)c3)n2)cc1OC. The molecule has 196 valence electrons. The van der Waals surface area contributed by atoms with Crippen LogP contribution in [0.5, 0.6) is 17.2 Å². The van der Waals surface area contributed by atoms with Crippen molar-refractivity contribution in [3.05, 3.63) is 78.2 Å². The predicted molar refractivity (Wildman–Crippen MR) is 152 cm³/mol. The van der Waals surface area contributed by atoms with Gasteiger partial charge in [0.2, 0.25) is 5.91 Å². The van der Waals surface area contributed by atoms with Gasteiger partial charge in [0.25, 0.3) is 5.91 Å². The number of anilines is 2. The van der Waals surface area contributed by atoms with E-state index in [9.17, 15) is 9.59 Å². The number of carbonyl (C=O) groups excluding carboxylic acids is 2. The quantitative estimate of drug-likeness (QED) is 0.223. The summed E-state index contributed by atoms with van der Waals surface area (Å²) in [4.78, 5) is 30.5. The number of hydrogen-bond donors (Lipinski definition) is 2. The van der Waals surface area contributed by atoms with Crippen LogP contribution in [-0.4, -0.2) is 42.9 Å². The number of carbonyl (C=O) groups is 2. The number of ether oxygens (including phenoxy) is 3. The number of amides is 2. The van der Waals surface area contributed by atoms with Crippen LogP contribution in [0.2, 0.25) is 0 Å². The van der Waals surface area contributed by atoms with Crippen LogP contribution in [0.3, 0.4) is 0 Å². The van der Waals surface area contributed by atoms with Crippen molar-refractivity contribution < 1.29 is 23.8 Å². The Hall–Kier alpha value is -4.02. The van der Waals surface area contributed by atoms with Gasteiger partial charge in [0, 0.05) is 21.5 Å². The fourth-order valence-corrected chi connectivity index (χ4v) is 5.08. The van der Waals surface area contributed by atoms with Crippen molar-refractivity contribution in [2.75, 3.05) is 31.5 Å². The molecular formula is C28H27N3O5S2. The van der Waals surface area contributed by atoms with Crippen molar-refractivity contribution in [2.45, 2.75) is 17.1 Å². The Morgan fingerprint density at radius 3 is 2.50 bits per heavy atom. The zero-order valence-electron chi connectivity index (χ0n) is 21.1. The van der Waals surface area contributed by atoms with Gasteiger partial charge < -0.3 is 24.8 Å². The Balaban J connectivity index is 1.31. The van der Waals surface area contributed by atoms with Crippen molar-refractivity contribution >= 4 is 45.7 Å². The lowest BCUT2D eigenvalue weighted by Gasteiger charge is -2.12. The molecule has 0 fully saturated rings. The van der Waals surface area contributed by atoms with E-state index in [1.807, 2.05) is 66.9 Å². The molecule has 1 atom stereocenters. The monoisotopic (exact) mass is 549 g/mol. The van der Waals surface area contributed by atoms with Gasteiger partial charge in [0.1, 0.15) is 5.75 Å². The molecule has 1 unspecified atom stereocenters. The number of nitrogens with zero attached hydrogens (tertiary/aromatic N) is 1. The first-order valence-electron chi connectivity index (χ1n) is 11.7. The maximum atomic E-state index is 12.8. The maximum absolute atomic E-state index is 12.8. The van der Waals surface area contributed by atoms with Crippen LogP contribution in [0.15, 0.2) is 83.1 Å². The van der Waals surface area contributed by atoms with Crippen molar-refractivity contribution in [2.24, 2.45) is 0 Å². The van der Waals surface area contributed by atoms with Gasteiger partial charge in [0.15, 0.2) is 23.2 Å². The highest BCUT2D eigenvalue weighted by Crippen LogP contribution is 2.34. The zero-order chi connectivity index (χ0) is 26.9. The van der Waals surface area contributed by atoms with E-state index in [1.165, 1.54) is 23.1 Å². The van der Waals surface area contributed by atoms with Crippen molar-refractivity contribution in [1.82, 2.24) is 4.98 Å². The molecule has 3 aromatic carbocycles. The average molecular weight is 550 g/mol. The molecule has 0 bridgehead atoms. The molecule has 1 aromatic heterocycles. The lowest BCUT2D eigenvalue weighted by Crippen LogP contribution is -2.22. The summed E-state index contributed by atoms with van der Waals surface area (Å²) in [6.07, 6.45) is 0. The van der Waals surface area contributed by atoms with E-state index >= 15 is 0 Å². The Kier molecular flexibility index (Phi) is 9.23. The third kappa shape index (κ3) is 7.27. The molecule has 0 saturated carbocycles. The van der Waals surface area contributed by atoms with Crippen molar-refractivity contribution in [3.8, 4) is 28.5 Å². The first-order chi connectivity index (χ1) is 18.4. The summed E-state index contributed by atoms with van der Waals surface area (Å²) >= 11 is 2.73. The maximum Gasteiger partial charge on any atom is 0.262 e. The number of para-hydroxylation sites is 1. The smallest absolute Gasteiger partial charge is 0.262 e. The summed E-state index contributed by atoms with van der Waals surface area (Å²) in [5, 5.41) is 7.70. The van der Waals surface area contributed by atoms with E-state index in [-0.39, 0.29) is 18.4 Å². The molecule has 2 amide bonds. The van der Waals surface area contributed by atoms with Crippen LogP contribution >= 0.6 is 23.1 Å². The van der Waals surface area contributed by atoms with Gasteiger partial charge >= 0.3 is 0 Å². The van der Waals surface area contributed by atoms with E-state index in [2.05, 4.69) is 15.6 Å². The first kappa shape index (κ1) is 27.0. The molecule has 0 aliphatic carbocycles. The Morgan fingerprint density at radius 2 is 1.74 bits per heavy atom. The van der Waals surface area contributed by atoms with E-state index in [1.54, 1.807) is 32.4 Å². The third-order valence-electron chi connectivity index (χ3n) is 5.33. The standard InChI is InChI=1S/C28H27N3O5S2/c1-18(27(33)31-28-30-23(17-37-28)19-12-13-24(34-2)25(14-19)35-3)38-22-11-7-8-20(15-22)29-26(32)16-36-21-9-5-4-6-10-21/h4-15,17-18H,16H2,1-3H3,(H,29,32)(H,30,31,33). The number of methoxy groups -OCH3 is 2. The third-order valence-corrected chi connectivity index (χ3v) is 7.18. The molecule has 38 heavy (non-hydrogen) atoms. The van der Waals surface area contributed by atoms with Crippen LogP contribution in [-0.2, 0) is 9.59 Å². The number of hydrogen-bond acceptors (Lipinski definition) is 8. The van der Waals surface area contributed by atoms with Gasteiger partial charge in [-0.25, -0.2) is 4.98 Å². The van der Waals surface area contributed by atoms with Crippen molar-refractivity contribution in [3.63, 3.8) is 0 Å². The molecule has 8 nitrogen and oxygen atoms in total. The van der Waals surface area contributed by atoms with Gasteiger partial charge in [-0.1, -0.05) is 24.3 Å². The zero-order valence-corrected chi connectivity index (χ0v) is 22.7. The lowest BCUT2D eigenvalue weighted by atomic mass is 10.1. The molecule has 4 aromatic rings. The number of aromatic nitrogens is 1. The fraction of sp³-hybridized carbons (Fsp3) is 0.179. The number of thioether (sulfide) groups is 1. The molecule has 1 heterocycles. The van der Waals surface area contributed by atoms with Crippen LogP contribution in [0.1, 0.15) is 6.92 Å². The van der Waals surface area contributed by atoms with Crippen LogP contribution in [0.25, 0.3) is 11.3 Å². The van der Waals surface area contributed by atoms with Gasteiger partial charge in [-0.05, 0) is 55.5 Å². The van der Waals surface area contributed by atoms with E-state index in [4.69, 9.17) is 14.2 Å². The van der Waals surface area contributed by atoms with Crippen LogP contribution in [0.4, 0.5) is 10.8 Å². The normalized spacial score (nSPS) is 11.3. The Labute approximate surface area is 229 Å². The summed E-state index contributed by atoms with van der Waals surface area (Å²) in [7, 11) is 3.17. The van der Waals surface area contributed by atoms with E-state index in [0.717, 1.165) is 16.2 Å². The molecule has 0 aliphatic heterocycles. The summed E-state index contributed by atoms with van der Waals surface area (Å²) in [6, 6.07) is 22.0. The summed E-state index contributed by atoms with van der Waals surface area (Å²) in [5.74, 6) is 1.43. The second-order valence-electron chi connectivity index (χ2n) is 8.03. The second-order valence-corrected chi connectivity index (χ2v) is 10.3. The minimum absolute atomic E-state index is 0.0979. The highest BCUT2D eigenvalue weighted by molar-refractivity contribution is 8.00. The van der Waals surface area contributed by atoms with Crippen molar-refractivity contribution in [1.29, 1.82) is 0 Å². The molecular weight excluding hydrogens is 522 g/mol. The lowest BCUT2D eigenvalue weighted by molar-refractivity contribution is -0.118. The molecule has 0 spiro atoms. The van der Waals surface area contributed by atoms with Gasteiger partial charge in [-0.15, -0.1) is 23.1 Å². The van der Waals surface area contributed by atoms with Gasteiger partial charge in [0.05, 0.1) is 25.2 Å². The molecule has 0 saturated heterocycles. The second kappa shape index (κ2) is 13.0. The number of thiazole rings is 1. The molecule has 2 N–H and O–H groups in total.